The van der Waals surface area contributed by atoms with Gasteiger partial charge in [-0.15, -0.1) is 11.3 Å². The highest BCUT2D eigenvalue weighted by molar-refractivity contribution is 7.16. The molecule has 3 aromatic rings. The first-order valence-corrected chi connectivity index (χ1v) is 9.14. The number of aromatic nitrogens is 1. The second kappa shape index (κ2) is 8.05. The molecule has 3 rings (SSSR count). The molecule has 9 heteroatoms. The minimum absolute atomic E-state index is 0.163. The van der Waals surface area contributed by atoms with Gasteiger partial charge in [-0.1, -0.05) is 0 Å². The molecule has 0 fully saturated rings. The number of nitrogens with one attached hydrogen (secondary N) is 2. The van der Waals surface area contributed by atoms with Gasteiger partial charge in [0.15, 0.2) is 5.13 Å². The van der Waals surface area contributed by atoms with Crippen molar-refractivity contribution >= 4 is 33.8 Å². The van der Waals surface area contributed by atoms with E-state index in [9.17, 15) is 14.9 Å². The maximum atomic E-state index is 12.5. The molecule has 1 amide bonds. The van der Waals surface area contributed by atoms with Crippen LogP contribution < -0.4 is 15.4 Å². The summed E-state index contributed by atoms with van der Waals surface area (Å²) < 4.78 is 5.16. The van der Waals surface area contributed by atoms with Crippen molar-refractivity contribution in [1.82, 2.24) is 4.98 Å². The van der Waals surface area contributed by atoms with Gasteiger partial charge in [0.2, 0.25) is 0 Å². The lowest BCUT2D eigenvalue weighted by molar-refractivity contribution is -0.384. The smallest absolute Gasteiger partial charge is 0.293 e. The summed E-state index contributed by atoms with van der Waals surface area (Å²) >= 11 is 1.34. The van der Waals surface area contributed by atoms with Crippen LogP contribution in [0.15, 0.2) is 42.5 Å². The number of thiazole rings is 1. The number of hydrogen-bond donors (Lipinski definition) is 2. The van der Waals surface area contributed by atoms with E-state index in [2.05, 4.69) is 15.6 Å². The van der Waals surface area contributed by atoms with Gasteiger partial charge in [0.25, 0.3) is 11.6 Å². The van der Waals surface area contributed by atoms with Crippen molar-refractivity contribution in [3.63, 3.8) is 0 Å². The summed E-state index contributed by atoms with van der Waals surface area (Å²) in [5.41, 5.74) is 2.03. The van der Waals surface area contributed by atoms with Gasteiger partial charge in [-0.05, 0) is 43.3 Å². The molecule has 0 spiro atoms. The minimum atomic E-state index is -0.530. The lowest BCUT2D eigenvalue weighted by Gasteiger charge is -2.05. The molecule has 0 saturated heterocycles. The van der Waals surface area contributed by atoms with Crippen LogP contribution in [0.2, 0.25) is 0 Å². The van der Waals surface area contributed by atoms with Crippen LogP contribution >= 0.6 is 11.3 Å². The Morgan fingerprint density at radius 2 is 1.93 bits per heavy atom. The third-order valence-corrected chi connectivity index (χ3v) is 4.99. The summed E-state index contributed by atoms with van der Waals surface area (Å²) in [6, 6.07) is 11.7. The molecule has 8 nitrogen and oxygen atoms in total. The van der Waals surface area contributed by atoms with Crippen molar-refractivity contribution in [2.45, 2.75) is 6.92 Å². The number of nitro benzene ring substituents is 1. The third-order valence-electron chi connectivity index (χ3n) is 4.11. The Hall–Kier alpha value is -3.46. The molecule has 2 N–H and O–H groups in total. The van der Waals surface area contributed by atoms with Crippen molar-refractivity contribution in [2.75, 3.05) is 24.8 Å². The highest BCUT2D eigenvalue weighted by atomic mass is 32.1. The van der Waals surface area contributed by atoms with Crippen LogP contribution in [0.1, 0.15) is 15.2 Å². The number of hydrogen-bond acceptors (Lipinski definition) is 7. The van der Waals surface area contributed by atoms with Gasteiger partial charge in [0, 0.05) is 29.1 Å². The number of carbonyl (C=O) groups excluding carboxylic acids is 1. The Bertz CT molecular complexity index is 1030. The standard InChI is InChI=1S/C19H18N4O4S/c1-11-17(12-4-7-14(27-3)8-5-12)21-19(28-11)22-18(24)13-6-9-15(20-2)16(10-13)23(25)26/h4-10,20H,1-3H3,(H,21,22,24). The number of amides is 1. The Labute approximate surface area is 165 Å². The molecule has 0 bridgehead atoms. The van der Waals surface area contributed by atoms with E-state index in [-0.39, 0.29) is 11.3 Å². The van der Waals surface area contributed by atoms with E-state index in [4.69, 9.17) is 4.74 Å². The molecule has 0 aliphatic carbocycles. The fourth-order valence-corrected chi connectivity index (χ4v) is 3.50. The second-order valence-corrected chi connectivity index (χ2v) is 7.05. The van der Waals surface area contributed by atoms with Crippen molar-refractivity contribution in [3.05, 3.63) is 63.0 Å². The number of carbonyl (C=O) groups is 1. The van der Waals surface area contributed by atoms with E-state index in [1.165, 1.54) is 29.5 Å². The molecule has 0 aliphatic rings. The van der Waals surface area contributed by atoms with Crippen LogP contribution in [0.25, 0.3) is 11.3 Å². The number of methoxy groups -OCH3 is 1. The van der Waals surface area contributed by atoms with Gasteiger partial charge < -0.3 is 10.1 Å². The third kappa shape index (κ3) is 3.94. The molecule has 28 heavy (non-hydrogen) atoms. The summed E-state index contributed by atoms with van der Waals surface area (Å²) in [4.78, 5) is 28.6. The first-order chi connectivity index (χ1) is 13.4. The molecule has 1 heterocycles. The van der Waals surface area contributed by atoms with Gasteiger partial charge in [-0.3, -0.25) is 20.2 Å². The van der Waals surface area contributed by atoms with Gasteiger partial charge in [0.05, 0.1) is 17.7 Å². The molecule has 2 aromatic carbocycles. The summed E-state index contributed by atoms with van der Waals surface area (Å²) in [6.07, 6.45) is 0. The average molecular weight is 398 g/mol. The Kier molecular flexibility index (Phi) is 5.55. The molecule has 0 aliphatic heterocycles. The Morgan fingerprint density at radius 3 is 2.54 bits per heavy atom. The zero-order valence-electron chi connectivity index (χ0n) is 15.5. The summed E-state index contributed by atoms with van der Waals surface area (Å²) in [5.74, 6) is 0.289. The van der Waals surface area contributed by atoms with E-state index >= 15 is 0 Å². The normalized spacial score (nSPS) is 10.4. The first kappa shape index (κ1) is 19.3. The maximum Gasteiger partial charge on any atom is 0.293 e. The van der Waals surface area contributed by atoms with E-state index in [1.54, 1.807) is 14.2 Å². The molecule has 144 valence electrons. The van der Waals surface area contributed by atoms with E-state index in [1.807, 2.05) is 31.2 Å². The zero-order valence-corrected chi connectivity index (χ0v) is 16.3. The molecular weight excluding hydrogens is 380 g/mol. The summed E-state index contributed by atoms with van der Waals surface area (Å²) in [5, 5.41) is 17.1. The quantitative estimate of drug-likeness (QED) is 0.473. The first-order valence-electron chi connectivity index (χ1n) is 8.32. The average Bonchev–Trinajstić information content (AvgIpc) is 3.07. The van der Waals surface area contributed by atoms with E-state index in [0.29, 0.717) is 10.8 Å². The Balaban J connectivity index is 1.83. The van der Waals surface area contributed by atoms with Crippen molar-refractivity contribution < 1.29 is 14.5 Å². The number of benzene rings is 2. The number of nitrogens with zero attached hydrogens (tertiary/aromatic N) is 2. The predicted molar refractivity (Wildman–Crippen MR) is 109 cm³/mol. The van der Waals surface area contributed by atoms with Crippen LogP contribution in [-0.2, 0) is 0 Å². The molecule has 0 unspecified atom stereocenters. The topological polar surface area (TPSA) is 106 Å². The van der Waals surface area contributed by atoms with Crippen molar-refractivity contribution in [2.24, 2.45) is 0 Å². The number of aryl methyl sites for hydroxylation is 1. The van der Waals surface area contributed by atoms with E-state index < -0.39 is 10.8 Å². The molecule has 1 aromatic heterocycles. The van der Waals surface area contributed by atoms with Crippen molar-refractivity contribution in [3.8, 4) is 17.0 Å². The van der Waals surface area contributed by atoms with Gasteiger partial charge >= 0.3 is 0 Å². The summed E-state index contributed by atoms with van der Waals surface area (Å²) in [6.45, 7) is 1.92. The lowest BCUT2D eigenvalue weighted by atomic mass is 10.1. The van der Waals surface area contributed by atoms with Crippen LogP contribution in [-0.4, -0.2) is 30.0 Å². The SMILES string of the molecule is CNc1ccc(C(=O)Nc2nc(-c3ccc(OC)cc3)c(C)s2)cc1[N+](=O)[O-]. The largest absolute Gasteiger partial charge is 0.497 e. The van der Waals surface area contributed by atoms with E-state index in [0.717, 1.165) is 21.9 Å². The molecular formula is C19H18N4O4S. The minimum Gasteiger partial charge on any atom is -0.497 e. The molecule has 0 radical (unpaired) electrons. The second-order valence-electron chi connectivity index (χ2n) is 5.85. The zero-order chi connectivity index (χ0) is 20.3. The number of nitro groups is 1. The molecule has 0 atom stereocenters. The van der Waals surface area contributed by atoms with Gasteiger partial charge in [0.1, 0.15) is 11.4 Å². The van der Waals surface area contributed by atoms with Gasteiger partial charge in [-0.2, -0.15) is 0 Å². The predicted octanol–water partition coefficient (Wildman–Crippen LogP) is 4.33. The maximum absolute atomic E-state index is 12.5. The Morgan fingerprint density at radius 1 is 1.21 bits per heavy atom. The van der Waals surface area contributed by atoms with Crippen LogP contribution in [0.5, 0.6) is 5.75 Å². The fourth-order valence-electron chi connectivity index (χ4n) is 2.67. The molecule has 0 saturated carbocycles. The van der Waals surface area contributed by atoms with Crippen molar-refractivity contribution in [1.29, 1.82) is 0 Å². The monoisotopic (exact) mass is 398 g/mol. The lowest BCUT2D eigenvalue weighted by Crippen LogP contribution is -2.12. The van der Waals surface area contributed by atoms with Crippen LogP contribution in [0.3, 0.4) is 0 Å². The number of rotatable bonds is 6. The van der Waals surface area contributed by atoms with Crippen LogP contribution in [0, 0.1) is 17.0 Å². The van der Waals surface area contributed by atoms with Gasteiger partial charge in [-0.25, -0.2) is 4.98 Å². The summed E-state index contributed by atoms with van der Waals surface area (Å²) in [7, 11) is 3.19. The highest BCUT2D eigenvalue weighted by Gasteiger charge is 2.18. The van der Waals surface area contributed by atoms with Crippen LogP contribution in [0.4, 0.5) is 16.5 Å². The number of anilines is 2. The highest BCUT2D eigenvalue weighted by Crippen LogP contribution is 2.32. The fraction of sp³-hybridized carbons (Fsp3) is 0.158. The number of ether oxygens (including phenoxy) is 1.